The first-order valence-electron chi connectivity index (χ1n) is 6.99. The van der Waals surface area contributed by atoms with Crippen LogP contribution in [0.4, 0.5) is 5.69 Å². The Bertz CT molecular complexity index is 544. The Morgan fingerprint density at radius 1 is 1.43 bits per heavy atom. The molecule has 0 radical (unpaired) electrons. The highest BCUT2D eigenvalue weighted by atomic mass is 16.5. The average Bonchev–Trinajstić information content (AvgIpc) is 2.97. The van der Waals surface area contributed by atoms with E-state index >= 15 is 0 Å². The Hall–Kier alpha value is -2.24. The van der Waals surface area contributed by atoms with Crippen LogP contribution in [-0.4, -0.2) is 43.1 Å². The fourth-order valence-electron chi connectivity index (χ4n) is 2.53. The molecule has 1 saturated heterocycles. The minimum atomic E-state index is -0.504. The van der Waals surface area contributed by atoms with E-state index in [4.69, 9.17) is 15.2 Å². The van der Waals surface area contributed by atoms with Gasteiger partial charge in [0.05, 0.1) is 19.4 Å². The number of methoxy groups -OCH3 is 1. The number of amides is 1. The van der Waals surface area contributed by atoms with Gasteiger partial charge in [-0.1, -0.05) is 0 Å². The van der Waals surface area contributed by atoms with Crippen LogP contribution in [0, 0.1) is 0 Å². The van der Waals surface area contributed by atoms with E-state index in [2.05, 4.69) is 0 Å². The van der Waals surface area contributed by atoms with Gasteiger partial charge in [-0.2, -0.15) is 0 Å². The summed E-state index contributed by atoms with van der Waals surface area (Å²) in [6.45, 7) is 2.92. The van der Waals surface area contributed by atoms with Crippen LogP contribution in [-0.2, 0) is 9.53 Å². The number of hydrogen-bond donors (Lipinski definition) is 1. The van der Waals surface area contributed by atoms with E-state index in [0.717, 1.165) is 6.42 Å². The highest BCUT2D eigenvalue weighted by Crippen LogP contribution is 2.26. The summed E-state index contributed by atoms with van der Waals surface area (Å²) < 4.78 is 10.1. The number of likely N-dealkylation sites (tertiary alicyclic amines) is 1. The van der Waals surface area contributed by atoms with E-state index in [1.807, 2.05) is 6.92 Å². The van der Waals surface area contributed by atoms with E-state index in [0.29, 0.717) is 36.6 Å². The third-order valence-electron chi connectivity index (χ3n) is 3.54. The maximum atomic E-state index is 12.5. The summed E-state index contributed by atoms with van der Waals surface area (Å²) in [5, 5.41) is 0. The van der Waals surface area contributed by atoms with Gasteiger partial charge < -0.3 is 20.1 Å². The standard InChI is InChI=1S/C15H20N2O4/c1-3-21-13-7-6-10(9-11(13)16)14(18)17-8-4-5-12(17)15(19)20-2/h6-7,9,12H,3-5,8,16H2,1-2H3. The van der Waals surface area contributed by atoms with Crippen LogP contribution < -0.4 is 10.5 Å². The Balaban J connectivity index is 2.19. The first-order chi connectivity index (χ1) is 10.1. The molecule has 1 amide bonds. The highest BCUT2D eigenvalue weighted by Gasteiger charge is 2.35. The average molecular weight is 292 g/mol. The number of esters is 1. The quantitative estimate of drug-likeness (QED) is 0.671. The van der Waals surface area contributed by atoms with E-state index in [9.17, 15) is 9.59 Å². The van der Waals surface area contributed by atoms with Crippen LogP contribution in [0.5, 0.6) is 5.75 Å². The summed E-state index contributed by atoms with van der Waals surface area (Å²) in [7, 11) is 1.33. The molecule has 2 rings (SSSR count). The van der Waals surface area contributed by atoms with Crippen molar-refractivity contribution in [2.75, 3.05) is 26.0 Å². The van der Waals surface area contributed by atoms with Gasteiger partial charge in [-0.25, -0.2) is 4.79 Å². The van der Waals surface area contributed by atoms with E-state index in [-0.39, 0.29) is 11.9 Å². The zero-order chi connectivity index (χ0) is 15.4. The molecule has 2 N–H and O–H groups in total. The minimum absolute atomic E-state index is 0.211. The lowest BCUT2D eigenvalue weighted by molar-refractivity contribution is -0.145. The molecule has 21 heavy (non-hydrogen) atoms. The molecule has 1 aromatic carbocycles. The van der Waals surface area contributed by atoms with Gasteiger partial charge in [0, 0.05) is 12.1 Å². The van der Waals surface area contributed by atoms with Crippen LogP contribution in [0.25, 0.3) is 0 Å². The van der Waals surface area contributed by atoms with Crippen LogP contribution in [0.15, 0.2) is 18.2 Å². The summed E-state index contributed by atoms with van der Waals surface area (Å²) in [6.07, 6.45) is 1.42. The first-order valence-corrected chi connectivity index (χ1v) is 6.99. The summed E-state index contributed by atoms with van der Waals surface area (Å²) in [5.74, 6) is -0.0302. The third kappa shape index (κ3) is 3.09. The van der Waals surface area contributed by atoms with E-state index < -0.39 is 6.04 Å². The molecule has 1 atom stereocenters. The van der Waals surface area contributed by atoms with Crippen LogP contribution in [0.2, 0.25) is 0 Å². The fourth-order valence-corrected chi connectivity index (χ4v) is 2.53. The molecule has 1 aliphatic heterocycles. The Labute approximate surface area is 123 Å². The first kappa shape index (κ1) is 15.2. The number of anilines is 1. The largest absolute Gasteiger partial charge is 0.492 e. The Morgan fingerprint density at radius 3 is 2.81 bits per heavy atom. The summed E-state index contributed by atoms with van der Waals surface area (Å²) >= 11 is 0. The highest BCUT2D eigenvalue weighted by molar-refractivity contribution is 5.98. The molecule has 0 spiro atoms. The van der Waals surface area contributed by atoms with Crippen molar-refractivity contribution >= 4 is 17.6 Å². The van der Waals surface area contributed by atoms with Crippen molar-refractivity contribution < 1.29 is 19.1 Å². The predicted molar refractivity (Wildman–Crippen MR) is 78.1 cm³/mol. The number of nitrogens with two attached hydrogens (primary N) is 1. The lowest BCUT2D eigenvalue weighted by Crippen LogP contribution is -2.41. The zero-order valence-corrected chi connectivity index (χ0v) is 12.3. The number of hydrogen-bond acceptors (Lipinski definition) is 5. The molecule has 1 aliphatic rings. The van der Waals surface area contributed by atoms with Crippen LogP contribution >= 0.6 is 0 Å². The molecule has 6 nitrogen and oxygen atoms in total. The smallest absolute Gasteiger partial charge is 0.328 e. The number of ether oxygens (including phenoxy) is 2. The van der Waals surface area contributed by atoms with Crippen molar-refractivity contribution in [1.82, 2.24) is 4.90 Å². The molecule has 0 bridgehead atoms. The molecule has 6 heteroatoms. The van der Waals surface area contributed by atoms with Crippen LogP contribution in [0.1, 0.15) is 30.1 Å². The predicted octanol–water partition coefficient (Wildman–Crippen LogP) is 1.45. The number of rotatable bonds is 4. The molecule has 0 saturated carbocycles. The van der Waals surface area contributed by atoms with Gasteiger partial charge >= 0.3 is 5.97 Å². The van der Waals surface area contributed by atoms with Gasteiger partial charge in [-0.15, -0.1) is 0 Å². The lowest BCUT2D eigenvalue weighted by atomic mass is 10.1. The third-order valence-corrected chi connectivity index (χ3v) is 3.54. The maximum Gasteiger partial charge on any atom is 0.328 e. The molecule has 1 fully saturated rings. The molecule has 1 aromatic rings. The van der Waals surface area contributed by atoms with Gasteiger partial charge in [0.15, 0.2) is 0 Å². The van der Waals surface area contributed by atoms with Gasteiger partial charge in [0.1, 0.15) is 11.8 Å². The molecule has 114 valence electrons. The van der Waals surface area contributed by atoms with Crippen molar-refractivity contribution in [2.45, 2.75) is 25.8 Å². The Morgan fingerprint density at radius 2 is 2.19 bits per heavy atom. The molecular weight excluding hydrogens is 272 g/mol. The van der Waals surface area contributed by atoms with E-state index in [1.165, 1.54) is 7.11 Å². The second-order valence-corrected chi connectivity index (χ2v) is 4.87. The minimum Gasteiger partial charge on any atom is -0.492 e. The molecule has 1 heterocycles. The molecule has 1 unspecified atom stereocenters. The topological polar surface area (TPSA) is 81.9 Å². The van der Waals surface area contributed by atoms with Crippen molar-refractivity contribution in [3.8, 4) is 5.75 Å². The lowest BCUT2D eigenvalue weighted by Gasteiger charge is -2.23. The number of nitrogens with zero attached hydrogens (tertiary/aromatic N) is 1. The van der Waals surface area contributed by atoms with Crippen molar-refractivity contribution in [1.29, 1.82) is 0 Å². The number of carbonyl (C=O) groups is 2. The summed E-state index contributed by atoms with van der Waals surface area (Å²) in [5.41, 5.74) is 6.74. The molecular formula is C15H20N2O4. The van der Waals surface area contributed by atoms with E-state index in [1.54, 1.807) is 23.1 Å². The maximum absolute atomic E-state index is 12.5. The van der Waals surface area contributed by atoms with Gasteiger partial charge in [-0.3, -0.25) is 4.79 Å². The molecule has 0 aliphatic carbocycles. The van der Waals surface area contributed by atoms with Crippen molar-refractivity contribution in [3.63, 3.8) is 0 Å². The second-order valence-electron chi connectivity index (χ2n) is 4.87. The SMILES string of the molecule is CCOc1ccc(C(=O)N2CCCC2C(=O)OC)cc1N. The molecule has 0 aromatic heterocycles. The van der Waals surface area contributed by atoms with Crippen LogP contribution in [0.3, 0.4) is 0 Å². The monoisotopic (exact) mass is 292 g/mol. The van der Waals surface area contributed by atoms with Crippen molar-refractivity contribution in [3.05, 3.63) is 23.8 Å². The van der Waals surface area contributed by atoms with Gasteiger partial charge in [0.2, 0.25) is 0 Å². The zero-order valence-electron chi connectivity index (χ0n) is 12.3. The number of benzene rings is 1. The summed E-state index contributed by atoms with van der Waals surface area (Å²) in [4.78, 5) is 25.8. The number of carbonyl (C=O) groups excluding carboxylic acids is 2. The number of nitrogen functional groups attached to an aromatic ring is 1. The fraction of sp³-hybridized carbons (Fsp3) is 0.467. The second kappa shape index (κ2) is 6.47. The summed E-state index contributed by atoms with van der Waals surface area (Å²) in [6, 6.07) is 4.42. The van der Waals surface area contributed by atoms with Gasteiger partial charge in [-0.05, 0) is 38.0 Å². The van der Waals surface area contributed by atoms with Crippen molar-refractivity contribution in [2.24, 2.45) is 0 Å². The normalized spacial score (nSPS) is 17.6. The Kier molecular flexibility index (Phi) is 4.67. The van der Waals surface area contributed by atoms with Gasteiger partial charge in [0.25, 0.3) is 5.91 Å².